The summed E-state index contributed by atoms with van der Waals surface area (Å²) in [5.41, 5.74) is 1.58. The predicted molar refractivity (Wildman–Crippen MR) is 133 cm³/mol. The lowest BCUT2D eigenvalue weighted by molar-refractivity contribution is -0.122. The van der Waals surface area contributed by atoms with E-state index in [1.165, 1.54) is 6.20 Å². The highest BCUT2D eigenvalue weighted by atomic mass is 16.5. The first-order valence-electron chi connectivity index (χ1n) is 11.9. The van der Waals surface area contributed by atoms with E-state index in [1.54, 1.807) is 30.8 Å². The molecule has 0 aliphatic carbocycles. The van der Waals surface area contributed by atoms with Gasteiger partial charge in [0.05, 0.1) is 29.1 Å². The highest BCUT2D eigenvalue weighted by Crippen LogP contribution is 2.32. The summed E-state index contributed by atoms with van der Waals surface area (Å²) in [6.07, 6.45) is 7.22. The lowest BCUT2D eigenvalue weighted by Gasteiger charge is -2.40. The van der Waals surface area contributed by atoms with Gasteiger partial charge < -0.3 is 20.1 Å². The second kappa shape index (κ2) is 9.55. The fraction of sp³-hybridized carbons (Fsp3) is 0.462. The average Bonchev–Trinajstić information content (AvgIpc) is 3.25. The van der Waals surface area contributed by atoms with Crippen LogP contribution in [0, 0.1) is 11.3 Å². The monoisotopic (exact) mass is 476 g/mol. The summed E-state index contributed by atoms with van der Waals surface area (Å²) >= 11 is 0. The van der Waals surface area contributed by atoms with Crippen LogP contribution in [-0.4, -0.2) is 56.4 Å². The van der Waals surface area contributed by atoms with Crippen molar-refractivity contribution in [1.29, 1.82) is 5.26 Å². The third-order valence-corrected chi connectivity index (χ3v) is 6.31. The number of nitrogens with one attached hydrogen (secondary N) is 1. The number of carbonyl (C=O) groups excluding carboxylic acids is 1. The highest BCUT2D eigenvalue weighted by molar-refractivity contribution is 5.85. The molecule has 1 fully saturated rings. The van der Waals surface area contributed by atoms with Crippen LogP contribution < -0.4 is 15.0 Å². The smallest absolute Gasteiger partial charge is 0.220 e. The number of rotatable bonds is 7. The van der Waals surface area contributed by atoms with Gasteiger partial charge in [-0.2, -0.15) is 10.4 Å². The number of hydrogen-bond acceptors (Lipinski definition) is 7. The molecule has 0 radical (unpaired) electrons. The zero-order chi connectivity index (χ0) is 25.2. The number of amides is 1. The van der Waals surface area contributed by atoms with Crippen LogP contribution in [0.3, 0.4) is 0 Å². The Bertz CT molecular complexity index is 1250. The van der Waals surface area contributed by atoms with Gasteiger partial charge in [0, 0.05) is 42.4 Å². The minimum absolute atomic E-state index is 0.0834. The van der Waals surface area contributed by atoms with Gasteiger partial charge in [-0.1, -0.05) is 6.92 Å². The maximum Gasteiger partial charge on any atom is 0.220 e. The first-order valence-corrected chi connectivity index (χ1v) is 11.9. The number of ether oxygens (including phenoxy) is 1. The normalized spacial score (nSPS) is 15.6. The summed E-state index contributed by atoms with van der Waals surface area (Å²) in [5, 5.41) is 27.1. The summed E-state index contributed by atoms with van der Waals surface area (Å²) in [4.78, 5) is 18.8. The minimum Gasteiger partial charge on any atom is -0.489 e. The van der Waals surface area contributed by atoms with Crippen molar-refractivity contribution in [2.45, 2.75) is 58.1 Å². The van der Waals surface area contributed by atoms with E-state index in [1.807, 2.05) is 25.1 Å². The number of aliphatic hydroxyl groups is 1. The van der Waals surface area contributed by atoms with Gasteiger partial charge in [0.15, 0.2) is 0 Å². The molecule has 0 saturated carbocycles. The number of carbonyl (C=O) groups is 1. The number of pyridine rings is 2. The van der Waals surface area contributed by atoms with E-state index in [2.05, 4.69) is 28.3 Å². The van der Waals surface area contributed by atoms with Crippen LogP contribution in [0.1, 0.15) is 52.5 Å². The Morgan fingerprint density at radius 3 is 2.66 bits per heavy atom. The van der Waals surface area contributed by atoms with Crippen LogP contribution in [0.15, 0.2) is 36.8 Å². The predicted octanol–water partition coefficient (Wildman–Crippen LogP) is 3.30. The summed E-state index contributed by atoms with van der Waals surface area (Å²) in [6.45, 7) is 9.05. The molecule has 0 spiro atoms. The third-order valence-electron chi connectivity index (χ3n) is 6.31. The van der Waals surface area contributed by atoms with Gasteiger partial charge >= 0.3 is 0 Å². The number of fused-ring (bicyclic) bond motifs is 1. The zero-order valence-electron chi connectivity index (χ0n) is 20.7. The van der Waals surface area contributed by atoms with Crippen LogP contribution in [0.5, 0.6) is 5.75 Å². The number of hydrogen-bond donors (Lipinski definition) is 2. The molecule has 3 aromatic heterocycles. The summed E-state index contributed by atoms with van der Waals surface area (Å²) in [6, 6.07) is 8.01. The second-order valence-corrected chi connectivity index (χ2v) is 10.0. The van der Waals surface area contributed by atoms with Crippen LogP contribution in [0.4, 0.5) is 5.82 Å². The van der Waals surface area contributed by atoms with Crippen molar-refractivity contribution in [2.75, 3.05) is 24.6 Å². The minimum atomic E-state index is -0.982. The van der Waals surface area contributed by atoms with Crippen molar-refractivity contribution in [3.63, 3.8) is 0 Å². The molecule has 2 N–H and O–H groups in total. The van der Waals surface area contributed by atoms with Gasteiger partial charge in [-0.3, -0.25) is 4.79 Å². The fourth-order valence-electron chi connectivity index (χ4n) is 4.25. The Balaban J connectivity index is 1.57. The van der Waals surface area contributed by atoms with Crippen molar-refractivity contribution in [3.8, 4) is 22.9 Å². The zero-order valence-corrected chi connectivity index (χ0v) is 20.7. The van der Waals surface area contributed by atoms with E-state index in [9.17, 15) is 15.2 Å². The fourth-order valence-corrected chi connectivity index (χ4v) is 4.25. The molecule has 1 aliphatic rings. The summed E-state index contributed by atoms with van der Waals surface area (Å²) in [7, 11) is 0. The van der Waals surface area contributed by atoms with Crippen molar-refractivity contribution in [2.24, 2.45) is 0 Å². The number of nitriles is 1. The maximum absolute atomic E-state index is 11.9. The molecule has 184 valence electrons. The molecule has 1 amide bonds. The molecule has 0 bridgehead atoms. The van der Waals surface area contributed by atoms with E-state index in [0.717, 1.165) is 42.9 Å². The van der Waals surface area contributed by atoms with E-state index in [0.29, 0.717) is 23.3 Å². The highest BCUT2D eigenvalue weighted by Gasteiger charge is 2.31. The quantitative estimate of drug-likeness (QED) is 0.537. The molecule has 4 heterocycles. The Hall–Kier alpha value is -3.64. The topological polar surface area (TPSA) is 116 Å². The molecule has 1 saturated heterocycles. The molecule has 9 heteroatoms. The molecule has 35 heavy (non-hydrogen) atoms. The van der Waals surface area contributed by atoms with Crippen LogP contribution in [0.2, 0.25) is 0 Å². The van der Waals surface area contributed by atoms with Crippen molar-refractivity contribution in [1.82, 2.24) is 19.9 Å². The van der Waals surface area contributed by atoms with Crippen LogP contribution in [-0.2, 0) is 4.79 Å². The van der Waals surface area contributed by atoms with Crippen molar-refractivity contribution < 1.29 is 14.6 Å². The van der Waals surface area contributed by atoms with Crippen molar-refractivity contribution in [3.05, 3.63) is 42.4 Å². The second-order valence-electron chi connectivity index (χ2n) is 10.0. The molecular formula is C26H32N6O3. The molecule has 0 unspecified atom stereocenters. The van der Waals surface area contributed by atoms with Gasteiger partial charge in [0.1, 0.15) is 24.2 Å². The molecule has 4 rings (SSSR count). The average molecular weight is 477 g/mol. The molecule has 1 aliphatic heterocycles. The number of aromatic nitrogens is 3. The van der Waals surface area contributed by atoms with E-state index >= 15 is 0 Å². The largest absolute Gasteiger partial charge is 0.489 e. The maximum atomic E-state index is 11.9. The standard InChI is InChI=1S/C26H32N6O3/c1-5-23(33)30-26(4)8-10-31(11-9-26)22-7-6-18(14-28-22)21-12-20(35-17-25(2,3)34)16-32-24(21)19(13-27)15-29-32/h6-7,12,14-16,34H,5,8-11,17H2,1-4H3,(H,30,33). The summed E-state index contributed by atoms with van der Waals surface area (Å²) in [5.74, 6) is 1.49. The van der Waals surface area contributed by atoms with Crippen LogP contribution >= 0.6 is 0 Å². The van der Waals surface area contributed by atoms with Gasteiger partial charge in [0.2, 0.25) is 5.91 Å². The van der Waals surface area contributed by atoms with E-state index in [4.69, 9.17) is 9.72 Å². The lowest BCUT2D eigenvalue weighted by Crippen LogP contribution is -2.53. The number of piperidine rings is 1. The van der Waals surface area contributed by atoms with Gasteiger partial charge in [-0.05, 0) is 51.8 Å². The lowest BCUT2D eigenvalue weighted by atomic mass is 9.89. The Morgan fingerprint density at radius 1 is 1.31 bits per heavy atom. The SMILES string of the molecule is CCC(=O)NC1(C)CCN(c2ccc(-c3cc(OCC(C)(C)O)cn4ncc(C#N)c34)cn2)CC1. The van der Waals surface area contributed by atoms with Gasteiger partial charge in [-0.15, -0.1) is 0 Å². The molecule has 9 nitrogen and oxygen atoms in total. The number of nitrogens with zero attached hydrogens (tertiary/aromatic N) is 5. The van der Waals surface area contributed by atoms with Crippen LogP contribution in [0.25, 0.3) is 16.6 Å². The Labute approximate surface area is 205 Å². The molecule has 3 aromatic rings. The van der Waals surface area contributed by atoms with E-state index in [-0.39, 0.29) is 18.1 Å². The first kappa shape index (κ1) is 24.5. The first-order chi connectivity index (χ1) is 16.6. The van der Waals surface area contributed by atoms with Gasteiger partial charge in [0.25, 0.3) is 0 Å². The third kappa shape index (κ3) is 5.54. The number of anilines is 1. The van der Waals surface area contributed by atoms with Gasteiger partial charge in [-0.25, -0.2) is 9.50 Å². The molecule has 0 atom stereocenters. The summed E-state index contributed by atoms with van der Waals surface area (Å²) < 4.78 is 7.43. The molecular weight excluding hydrogens is 444 g/mol. The van der Waals surface area contributed by atoms with E-state index < -0.39 is 5.60 Å². The Kier molecular flexibility index (Phi) is 6.68. The van der Waals surface area contributed by atoms with Crippen molar-refractivity contribution >= 4 is 17.2 Å². The Morgan fingerprint density at radius 2 is 2.06 bits per heavy atom. The molecule has 0 aromatic carbocycles.